The number of rotatable bonds is 4. The van der Waals surface area contributed by atoms with E-state index in [0.717, 1.165) is 0 Å². The maximum atomic E-state index is 10.8. The molecule has 0 saturated carbocycles. The molecule has 3 nitrogen and oxygen atoms in total. The number of ether oxygens (including phenoxy) is 1. The largest absolute Gasteiger partial charge is 0.385 e. The lowest BCUT2D eigenvalue weighted by atomic mass is 10.1. The molecular weight excluding hydrogens is 132 g/mol. The molecule has 0 amide bonds. The number of Topliss-reactive ketones (excluding diaryl/α,β-unsaturated/α-hetero) is 1. The Balaban J connectivity index is 3.83. The van der Waals surface area contributed by atoms with Gasteiger partial charge in [-0.25, -0.2) is 0 Å². The van der Waals surface area contributed by atoms with Crippen LogP contribution in [-0.4, -0.2) is 30.7 Å². The van der Waals surface area contributed by atoms with E-state index in [4.69, 9.17) is 5.11 Å². The highest BCUT2D eigenvalue weighted by molar-refractivity contribution is 5.97. The molecule has 0 spiro atoms. The SMILES string of the molecule is C=C(COC)C(=O)C(C)O. The van der Waals surface area contributed by atoms with Crippen LogP contribution in [0.5, 0.6) is 0 Å². The van der Waals surface area contributed by atoms with Crippen LogP contribution in [0.3, 0.4) is 0 Å². The fraction of sp³-hybridized carbons (Fsp3) is 0.571. The first-order chi connectivity index (χ1) is 4.59. The average Bonchev–Trinajstić information content (AvgIpc) is 1.87. The zero-order valence-electron chi connectivity index (χ0n) is 6.26. The predicted octanol–water partition coefficient (Wildman–Crippen LogP) is 0.139. The van der Waals surface area contributed by atoms with E-state index in [1.54, 1.807) is 0 Å². The zero-order chi connectivity index (χ0) is 8.15. The van der Waals surface area contributed by atoms with Crippen LogP contribution in [0.15, 0.2) is 12.2 Å². The topological polar surface area (TPSA) is 46.5 Å². The summed E-state index contributed by atoms with van der Waals surface area (Å²) < 4.78 is 4.64. The zero-order valence-corrected chi connectivity index (χ0v) is 6.26. The Morgan fingerprint density at radius 3 is 2.60 bits per heavy atom. The molecule has 0 bridgehead atoms. The number of aliphatic hydroxyl groups excluding tert-OH is 1. The molecule has 0 saturated heterocycles. The first-order valence-corrected chi connectivity index (χ1v) is 2.98. The summed E-state index contributed by atoms with van der Waals surface area (Å²) in [6, 6.07) is 0. The maximum Gasteiger partial charge on any atom is 0.188 e. The molecule has 0 radical (unpaired) electrons. The molecule has 3 heteroatoms. The molecule has 0 heterocycles. The second-order valence-corrected chi connectivity index (χ2v) is 2.08. The molecule has 0 aliphatic heterocycles. The Bertz CT molecular complexity index is 138. The minimum atomic E-state index is -0.970. The molecule has 1 unspecified atom stereocenters. The second kappa shape index (κ2) is 4.19. The van der Waals surface area contributed by atoms with E-state index >= 15 is 0 Å². The van der Waals surface area contributed by atoms with Gasteiger partial charge in [0.15, 0.2) is 5.78 Å². The quantitative estimate of drug-likeness (QED) is 0.571. The van der Waals surface area contributed by atoms with Gasteiger partial charge in [0.05, 0.1) is 6.61 Å². The normalized spacial score (nSPS) is 12.7. The van der Waals surface area contributed by atoms with Gasteiger partial charge in [0, 0.05) is 12.7 Å². The van der Waals surface area contributed by atoms with Gasteiger partial charge in [-0.2, -0.15) is 0 Å². The second-order valence-electron chi connectivity index (χ2n) is 2.08. The molecule has 0 aliphatic rings. The van der Waals surface area contributed by atoms with Crippen molar-refractivity contribution in [2.75, 3.05) is 13.7 Å². The molecule has 0 aromatic rings. The molecule has 0 rings (SSSR count). The molecule has 10 heavy (non-hydrogen) atoms. The van der Waals surface area contributed by atoms with Gasteiger partial charge in [0.25, 0.3) is 0 Å². The van der Waals surface area contributed by atoms with Crippen LogP contribution in [0, 0.1) is 0 Å². The number of aliphatic hydroxyl groups is 1. The van der Waals surface area contributed by atoms with Gasteiger partial charge < -0.3 is 9.84 Å². The summed E-state index contributed by atoms with van der Waals surface area (Å²) in [5, 5.41) is 8.75. The summed E-state index contributed by atoms with van der Waals surface area (Å²) in [4.78, 5) is 10.8. The Hall–Kier alpha value is -0.670. The number of hydrogen-bond acceptors (Lipinski definition) is 3. The lowest BCUT2D eigenvalue weighted by molar-refractivity contribution is -0.122. The van der Waals surface area contributed by atoms with E-state index in [1.807, 2.05) is 0 Å². The van der Waals surface area contributed by atoms with Gasteiger partial charge in [-0.1, -0.05) is 6.58 Å². The van der Waals surface area contributed by atoms with Gasteiger partial charge in [-0.15, -0.1) is 0 Å². The molecule has 0 fully saturated rings. The van der Waals surface area contributed by atoms with Crippen LogP contribution in [0.25, 0.3) is 0 Å². The van der Waals surface area contributed by atoms with E-state index in [9.17, 15) is 4.79 Å². The Labute approximate surface area is 60.3 Å². The minimum Gasteiger partial charge on any atom is -0.385 e. The fourth-order valence-corrected chi connectivity index (χ4v) is 0.541. The van der Waals surface area contributed by atoms with Crippen molar-refractivity contribution >= 4 is 5.78 Å². The monoisotopic (exact) mass is 144 g/mol. The van der Waals surface area contributed by atoms with Gasteiger partial charge in [0.2, 0.25) is 0 Å². The van der Waals surface area contributed by atoms with Crippen LogP contribution in [0.1, 0.15) is 6.92 Å². The van der Waals surface area contributed by atoms with Gasteiger partial charge in [-0.3, -0.25) is 4.79 Å². The van der Waals surface area contributed by atoms with Gasteiger partial charge >= 0.3 is 0 Å². The summed E-state index contributed by atoms with van der Waals surface area (Å²) in [5.41, 5.74) is 0.303. The Morgan fingerprint density at radius 1 is 1.80 bits per heavy atom. The highest BCUT2D eigenvalue weighted by atomic mass is 16.5. The van der Waals surface area contributed by atoms with Crippen molar-refractivity contribution in [2.45, 2.75) is 13.0 Å². The van der Waals surface area contributed by atoms with Crippen molar-refractivity contribution in [1.82, 2.24) is 0 Å². The lowest BCUT2D eigenvalue weighted by Gasteiger charge is -2.04. The Morgan fingerprint density at radius 2 is 2.30 bits per heavy atom. The van der Waals surface area contributed by atoms with Crippen LogP contribution in [0.4, 0.5) is 0 Å². The van der Waals surface area contributed by atoms with Crippen molar-refractivity contribution in [1.29, 1.82) is 0 Å². The van der Waals surface area contributed by atoms with E-state index in [2.05, 4.69) is 11.3 Å². The Kier molecular flexibility index (Phi) is 3.91. The minimum absolute atomic E-state index is 0.184. The standard InChI is InChI=1S/C7H12O3/c1-5(4-10-3)7(9)6(2)8/h6,8H,1,4H2,2-3H3. The number of hydrogen-bond donors (Lipinski definition) is 1. The predicted molar refractivity (Wildman–Crippen MR) is 37.7 cm³/mol. The highest BCUT2D eigenvalue weighted by Gasteiger charge is 2.11. The third kappa shape index (κ3) is 2.75. The lowest BCUT2D eigenvalue weighted by Crippen LogP contribution is -2.19. The first kappa shape index (κ1) is 9.33. The van der Waals surface area contributed by atoms with Crippen molar-refractivity contribution < 1.29 is 14.6 Å². The summed E-state index contributed by atoms with van der Waals surface area (Å²) in [7, 11) is 1.47. The molecule has 0 aromatic heterocycles. The van der Waals surface area contributed by atoms with Crippen LogP contribution in [0.2, 0.25) is 0 Å². The summed E-state index contributed by atoms with van der Waals surface area (Å²) in [6.07, 6.45) is -0.970. The molecule has 58 valence electrons. The number of ketones is 1. The molecule has 1 atom stereocenters. The highest BCUT2D eigenvalue weighted by Crippen LogP contribution is 1.96. The van der Waals surface area contributed by atoms with Crippen molar-refractivity contribution in [3.05, 3.63) is 12.2 Å². The van der Waals surface area contributed by atoms with E-state index in [0.29, 0.717) is 5.57 Å². The number of carbonyl (C=O) groups is 1. The van der Waals surface area contributed by atoms with Crippen molar-refractivity contribution in [2.24, 2.45) is 0 Å². The van der Waals surface area contributed by atoms with Gasteiger partial charge in [-0.05, 0) is 6.92 Å². The van der Waals surface area contributed by atoms with Crippen molar-refractivity contribution in [3.8, 4) is 0 Å². The summed E-state index contributed by atoms with van der Waals surface area (Å²) >= 11 is 0. The van der Waals surface area contributed by atoms with Gasteiger partial charge in [0.1, 0.15) is 6.10 Å². The number of methoxy groups -OCH3 is 1. The third-order valence-corrected chi connectivity index (χ3v) is 1.05. The average molecular weight is 144 g/mol. The third-order valence-electron chi connectivity index (χ3n) is 1.05. The van der Waals surface area contributed by atoms with Crippen LogP contribution >= 0.6 is 0 Å². The summed E-state index contributed by atoms with van der Waals surface area (Å²) in [6.45, 7) is 5.02. The van der Waals surface area contributed by atoms with E-state index in [1.165, 1.54) is 14.0 Å². The molecule has 0 aliphatic carbocycles. The van der Waals surface area contributed by atoms with E-state index in [-0.39, 0.29) is 12.4 Å². The first-order valence-electron chi connectivity index (χ1n) is 2.98. The smallest absolute Gasteiger partial charge is 0.188 e. The maximum absolute atomic E-state index is 10.8. The number of carbonyl (C=O) groups excluding carboxylic acids is 1. The van der Waals surface area contributed by atoms with Crippen LogP contribution in [-0.2, 0) is 9.53 Å². The molecule has 1 N–H and O–H groups in total. The fourth-order valence-electron chi connectivity index (χ4n) is 0.541. The molecular formula is C7H12O3. The van der Waals surface area contributed by atoms with E-state index < -0.39 is 6.10 Å². The van der Waals surface area contributed by atoms with Crippen LogP contribution < -0.4 is 0 Å². The summed E-state index contributed by atoms with van der Waals surface area (Å²) in [5.74, 6) is -0.359. The molecule has 0 aromatic carbocycles. The van der Waals surface area contributed by atoms with Crippen molar-refractivity contribution in [3.63, 3.8) is 0 Å².